The van der Waals surface area contributed by atoms with E-state index in [0.29, 0.717) is 38.2 Å². The zero-order valence-electron chi connectivity index (χ0n) is 13.2. The van der Waals surface area contributed by atoms with Crippen molar-refractivity contribution in [2.75, 3.05) is 46.5 Å². The maximum absolute atomic E-state index is 11.5. The lowest BCUT2D eigenvalue weighted by atomic mass is 10.1. The summed E-state index contributed by atoms with van der Waals surface area (Å²) in [5.74, 6) is 0.764. The monoisotopic (exact) mass is 286 g/mol. The number of carbonyl (C=O) groups excluding carboxylic acids is 1. The Morgan fingerprint density at radius 3 is 2.70 bits per heavy atom. The number of rotatable bonds is 11. The lowest BCUT2D eigenvalue weighted by molar-refractivity contribution is -0.122. The molecular weight excluding hydrogens is 256 g/mol. The first-order valence-corrected chi connectivity index (χ1v) is 7.72. The molecule has 5 nitrogen and oxygen atoms in total. The summed E-state index contributed by atoms with van der Waals surface area (Å²) in [6.07, 6.45) is 2.76. The van der Waals surface area contributed by atoms with Crippen LogP contribution in [0.5, 0.6) is 0 Å². The molecule has 0 aromatic carbocycles. The molecule has 1 saturated heterocycles. The molecule has 0 spiro atoms. The minimum absolute atomic E-state index is 0.0896. The van der Waals surface area contributed by atoms with Crippen molar-refractivity contribution in [3.05, 3.63) is 0 Å². The maximum Gasteiger partial charge on any atom is 0.220 e. The van der Waals surface area contributed by atoms with Crippen LogP contribution in [0.2, 0.25) is 0 Å². The number of nitrogens with one attached hydrogen (secondary N) is 1. The van der Waals surface area contributed by atoms with E-state index in [4.69, 9.17) is 9.47 Å². The predicted molar refractivity (Wildman–Crippen MR) is 79.8 cm³/mol. The Balaban J connectivity index is 1.80. The van der Waals surface area contributed by atoms with E-state index in [1.54, 1.807) is 0 Å². The predicted octanol–water partition coefficient (Wildman–Crippen LogP) is 1.28. The molecule has 0 bridgehead atoms. The van der Waals surface area contributed by atoms with Gasteiger partial charge >= 0.3 is 0 Å². The van der Waals surface area contributed by atoms with E-state index in [1.807, 2.05) is 0 Å². The van der Waals surface area contributed by atoms with Crippen LogP contribution in [0.1, 0.15) is 33.1 Å². The summed E-state index contributed by atoms with van der Waals surface area (Å²) >= 11 is 0. The zero-order chi connectivity index (χ0) is 14.8. The molecule has 1 heterocycles. The number of hydrogen-bond donors (Lipinski definition) is 1. The van der Waals surface area contributed by atoms with Gasteiger partial charge in [0.2, 0.25) is 5.91 Å². The van der Waals surface area contributed by atoms with Crippen LogP contribution in [-0.2, 0) is 14.3 Å². The summed E-state index contributed by atoms with van der Waals surface area (Å²) in [5, 5.41) is 2.87. The van der Waals surface area contributed by atoms with Crippen LogP contribution in [0.4, 0.5) is 0 Å². The molecule has 1 rings (SSSR count). The normalized spacial score (nSPS) is 16.4. The molecule has 1 fully saturated rings. The standard InChI is InChI=1S/C15H30N2O3/c1-13(2)6-9-19-8-4-5-15(18)16-7-10-20-14-11-17(3)12-14/h13-14H,4-12H2,1-3H3,(H,16,18). The molecule has 1 aliphatic rings. The summed E-state index contributed by atoms with van der Waals surface area (Å²) in [6, 6.07) is 0. The molecule has 0 aliphatic carbocycles. The first-order chi connectivity index (χ1) is 9.58. The number of likely N-dealkylation sites (N-methyl/N-ethyl adjacent to an activating group) is 1. The van der Waals surface area contributed by atoms with Gasteiger partial charge in [0.05, 0.1) is 12.7 Å². The summed E-state index contributed by atoms with van der Waals surface area (Å²) in [6.45, 7) is 9.04. The zero-order valence-corrected chi connectivity index (χ0v) is 13.2. The van der Waals surface area contributed by atoms with Crippen LogP contribution in [0, 0.1) is 5.92 Å². The second kappa shape index (κ2) is 10.1. The highest BCUT2D eigenvalue weighted by molar-refractivity contribution is 5.75. The molecular formula is C15H30N2O3. The van der Waals surface area contributed by atoms with Crippen LogP contribution in [0.3, 0.4) is 0 Å². The van der Waals surface area contributed by atoms with E-state index in [9.17, 15) is 4.79 Å². The third-order valence-corrected chi connectivity index (χ3v) is 3.34. The van der Waals surface area contributed by atoms with Gasteiger partial charge in [0.1, 0.15) is 0 Å². The molecule has 1 N–H and O–H groups in total. The van der Waals surface area contributed by atoms with Crippen LogP contribution in [0.15, 0.2) is 0 Å². The van der Waals surface area contributed by atoms with E-state index in [-0.39, 0.29) is 5.91 Å². The SMILES string of the molecule is CC(C)CCOCCCC(=O)NCCOC1CN(C)C1. The summed E-state index contributed by atoms with van der Waals surface area (Å²) in [7, 11) is 2.07. The van der Waals surface area contributed by atoms with Gasteiger partial charge in [-0.05, 0) is 25.8 Å². The Labute approximate surface area is 123 Å². The minimum Gasteiger partial charge on any atom is -0.381 e. The van der Waals surface area contributed by atoms with Crippen molar-refractivity contribution in [3.8, 4) is 0 Å². The van der Waals surface area contributed by atoms with Gasteiger partial charge < -0.3 is 19.7 Å². The smallest absolute Gasteiger partial charge is 0.220 e. The highest BCUT2D eigenvalue weighted by Crippen LogP contribution is 2.07. The molecule has 20 heavy (non-hydrogen) atoms. The van der Waals surface area contributed by atoms with Gasteiger partial charge in [0.25, 0.3) is 0 Å². The Bertz CT molecular complexity index is 266. The van der Waals surface area contributed by atoms with Gasteiger partial charge in [-0.25, -0.2) is 0 Å². The highest BCUT2D eigenvalue weighted by atomic mass is 16.5. The average molecular weight is 286 g/mol. The van der Waals surface area contributed by atoms with Gasteiger partial charge in [-0.2, -0.15) is 0 Å². The van der Waals surface area contributed by atoms with E-state index < -0.39 is 0 Å². The third-order valence-electron chi connectivity index (χ3n) is 3.34. The summed E-state index contributed by atoms with van der Waals surface area (Å²) in [4.78, 5) is 13.7. The van der Waals surface area contributed by atoms with Crippen molar-refractivity contribution < 1.29 is 14.3 Å². The number of amides is 1. The molecule has 1 aliphatic heterocycles. The first kappa shape index (κ1) is 17.4. The molecule has 5 heteroatoms. The molecule has 0 aromatic rings. The topological polar surface area (TPSA) is 50.8 Å². The third kappa shape index (κ3) is 8.51. The van der Waals surface area contributed by atoms with Gasteiger partial charge in [0, 0.05) is 39.3 Å². The average Bonchev–Trinajstić information content (AvgIpc) is 2.35. The number of ether oxygens (including phenoxy) is 2. The number of nitrogens with zero attached hydrogens (tertiary/aromatic N) is 1. The Hall–Kier alpha value is -0.650. The molecule has 0 aromatic heterocycles. The fraction of sp³-hybridized carbons (Fsp3) is 0.933. The number of likely N-dealkylation sites (tertiary alicyclic amines) is 1. The van der Waals surface area contributed by atoms with Gasteiger partial charge in [-0.15, -0.1) is 0 Å². The molecule has 0 radical (unpaired) electrons. The molecule has 0 unspecified atom stereocenters. The Morgan fingerprint density at radius 1 is 1.30 bits per heavy atom. The first-order valence-electron chi connectivity index (χ1n) is 7.72. The van der Waals surface area contributed by atoms with Crippen molar-refractivity contribution >= 4 is 5.91 Å². The van der Waals surface area contributed by atoms with Gasteiger partial charge in [-0.3, -0.25) is 4.79 Å². The second-order valence-electron chi connectivity index (χ2n) is 5.96. The van der Waals surface area contributed by atoms with Crippen LogP contribution < -0.4 is 5.32 Å². The maximum atomic E-state index is 11.5. The molecule has 1 amide bonds. The van der Waals surface area contributed by atoms with Crippen molar-refractivity contribution in [1.29, 1.82) is 0 Å². The van der Waals surface area contributed by atoms with Crippen molar-refractivity contribution in [1.82, 2.24) is 10.2 Å². The van der Waals surface area contributed by atoms with E-state index >= 15 is 0 Å². The van der Waals surface area contributed by atoms with E-state index in [0.717, 1.165) is 32.5 Å². The minimum atomic E-state index is 0.0896. The Kier molecular flexibility index (Phi) is 8.82. The Morgan fingerprint density at radius 2 is 2.05 bits per heavy atom. The lowest BCUT2D eigenvalue weighted by Crippen LogP contribution is -2.50. The fourth-order valence-corrected chi connectivity index (χ4v) is 2.01. The van der Waals surface area contributed by atoms with Crippen LogP contribution in [-0.4, -0.2) is 63.4 Å². The van der Waals surface area contributed by atoms with Crippen LogP contribution in [0.25, 0.3) is 0 Å². The van der Waals surface area contributed by atoms with Crippen LogP contribution >= 0.6 is 0 Å². The largest absolute Gasteiger partial charge is 0.381 e. The molecule has 118 valence electrons. The quantitative estimate of drug-likeness (QED) is 0.581. The number of carbonyl (C=O) groups is 1. The van der Waals surface area contributed by atoms with Crippen molar-refractivity contribution in [2.45, 2.75) is 39.2 Å². The highest BCUT2D eigenvalue weighted by Gasteiger charge is 2.23. The summed E-state index contributed by atoms with van der Waals surface area (Å²) < 4.78 is 11.1. The van der Waals surface area contributed by atoms with Crippen molar-refractivity contribution in [2.24, 2.45) is 5.92 Å². The second-order valence-corrected chi connectivity index (χ2v) is 5.96. The van der Waals surface area contributed by atoms with Gasteiger partial charge in [-0.1, -0.05) is 13.8 Å². The molecule has 0 atom stereocenters. The van der Waals surface area contributed by atoms with Gasteiger partial charge in [0.15, 0.2) is 0 Å². The molecule has 0 saturated carbocycles. The lowest BCUT2D eigenvalue weighted by Gasteiger charge is -2.35. The van der Waals surface area contributed by atoms with E-state index in [2.05, 4.69) is 31.1 Å². The number of hydrogen-bond acceptors (Lipinski definition) is 4. The summed E-state index contributed by atoms with van der Waals surface area (Å²) in [5.41, 5.74) is 0. The fourth-order valence-electron chi connectivity index (χ4n) is 2.01. The van der Waals surface area contributed by atoms with E-state index in [1.165, 1.54) is 0 Å². The van der Waals surface area contributed by atoms with Crippen molar-refractivity contribution in [3.63, 3.8) is 0 Å².